The summed E-state index contributed by atoms with van der Waals surface area (Å²) < 4.78 is 0. The number of halogens is 1. The van der Waals surface area contributed by atoms with Crippen LogP contribution in [0, 0.1) is 5.41 Å². The maximum absolute atomic E-state index is 12.3. The lowest BCUT2D eigenvalue weighted by Gasteiger charge is -2.28. The molecule has 24 heavy (non-hydrogen) atoms. The smallest absolute Gasteiger partial charge is 0.317 e. The van der Waals surface area contributed by atoms with Gasteiger partial charge >= 0.3 is 6.03 Å². The molecule has 0 unspecified atom stereocenters. The monoisotopic (exact) mass is 350 g/mol. The Labute approximate surface area is 146 Å². The summed E-state index contributed by atoms with van der Waals surface area (Å²) in [5, 5.41) is 13.2. The van der Waals surface area contributed by atoms with Gasteiger partial charge in [-0.25, -0.2) is 9.78 Å². The van der Waals surface area contributed by atoms with Crippen molar-refractivity contribution in [2.45, 2.75) is 32.2 Å². The molecular formula is C17H23ClN4O2. The number of rotatable bonds is 5. The third-order valence-corrected chi connectivity index (χ3v) is 5.08. The van der Waals surface area contributed by atoms with Crippen LogP contribution in [0.15, 0.2) is 18.2 Å². The van der Waals surface area contributed by atoms with Crippen LogP contribution < -0.4 is 5.32 Å². The third-order valence-electron chi connectivity index (χ3n) is 4.84. The molecule has 0 bridgehead atoms. The first kappa shape index (κ1) is 17.0. The number of benzene rings is 1. The topological polar surface area (TPSA) is 81.2 Å². The van der Waals surface area contributed by atoms with E-state index < -0.39 is 0 Å². The number of nitrogens with one attached hydrogen (secondary N) is 2. The Bertz CT molecular complexity index is 724. The minimum absolute atomic E-state index is 0.126. The normalized spacial score (nSPS) is 16.5. The number of hydrogen-bond donors (Lipinski definition) is 3. The van der Waals surface area contributed by atoms with Crippen molar-refractivity contribution in [2.75, 3.05) is 20.2 Å². The molecule has 1 aliphatic carbocycles. The number of carbonyl (C=O) groups excluding carboxylic acids is 1. The Balaban J connectivity index is 1.58. The summed E-state index contributed by atoms with van der Waals surface area (Å²) in [6.07, 6.45) is 4.18. The zero-order valence-electron chi connectivity index (χ0n) is 13.8. The first-order chi connectivity index (χ1) is 11.5. The minimum Gasteiger partial charge on any atom is -0.396 e. The molecule has 0 radical (unpaired) electrons. The van der Waals surface area contributed by atoms with E-state index >= 15 is 0 Å². The Morgan fingerprint density at radius 3 is 2.92 bits per heavy atom. The van der Waals surface area contributed by atoms with Crippen LogP contribution in [0.25, 0.3) is 11.0 Å². The zero-order chi connectivity index (χ0) is 17.2. The molecule has 3 N–H and O–H groups in total. The van der Waals surface area contributed by atoms with Gasteiger partial charge in [-0.2, -0.15) is 0 Å². The number of aromatic nitrogens is 2. The molecule has 6 nitrogen and oxygen atoms in total. The van der Waals surface area contributed by atoms with Crippen molar-refractivity contribution < 1.29 is 9.90 Å². The van der Waals surface area contributed by atoms with Gasteiger partial charge in [-0.3, -0.25) is 0 Å². The Kier molecular flexibility index (Phi) is 4.96. The van der Waals surface area contributed by atoms with E-state index in [0.717, 1.165) is 36.7 Å². The first-order valence-electron chi connectivity index (χ1n) is 8.25. The van der Waals surface area contributed by atoms with Gasteiger partial charge in [0.2, 0.25) is 0 Å². The van der Waals surface area contributed by atoms with E-state index in [9.17, 15) is 9.90 Å². The second-order valence-corrected chi connectivity index (χ2v) is 7.16. The standard InChI is InChI=1S/C17H23ClN4O2/c1-22(16(24)19-10-17(11-23)6-2-3-7-17)9-15-20-13-5-4-12(18)8-14(13)21-15/h4-5,8,23H,2-3,6-7,9-11H2,1H3,(H,19,24)(H,20,21). The van der Waals surface area contributed by atoms with E-state index in [1.807, 2.05) is 12.1 Å². The lowest BCUT2D eigenvalue weighted by atomic mass is 9.87. The summed E-state index contributed by atoms with van der Waals surface area (Å²) in [5.74, 6) is 0.711. The van der Waals surface area contributed by atoms with Gasteiger partial charge in [0, 0.05) is 24.0 Å². The second kappa shape index (κ2) is 6.99. The van der Waals surface area contributed by atoms with Crippen molar-refractivity contribution in [1.29, 1.82) is 0 Å². The van der Waals surface area contributed by atoms with Crippen LogP contribution in [0.3, 0.4) is 0 Å². The number of imidazole rings is 1. The van der Waals surface area contributed by atoms with Crippen molar-refractivity contribution in [3.05, 3.63) is 29.0 Å². The van der Waals surface area contributed by atoms with Gasteiger partial charge in [-0.1, -0.05) is 24.4 Å². The van der Waals surface area contributed by atoms with Crippen LogP contribution in [-0.4, -0.2) is 46.2 Å². The average molecular weight is 351 g/mol. The molecule has 1 aliphatic rings. The molecule has 1 fully saturated rings. The Morgan fingerprint density at radius 2 is 2.21 bits per heavy atom. The lowest BCUT2D eigenvalue weighted by Crippen LogP contribution is -2.43. The maximum atomic E-state index is 12.3. The van der Waals surface area contributed by atoms with Crippen LogP contribution >= 0.6 is 11.6 Å². The lowest BCUT2D eigenvalue weighted by molar-refractivity contribution is 0.126. The number of H-pyrrole nitrogens is 1. The summed E-state index contributed by atoms with van der Waals surface area (Å²) in [6, 6.07) is 5.30. The first-order valence-corrected chi connectivity index (χ1v) is 8.63. The maximum Gasteiger partial charge on any atom is 0.317 e. The Morgan fingerprint density at radius 1 is 1.46 bits per heavy atom. The molecule has 0 saturated heterocycles. The van der Waals surface area contributed by atoms with Crippen molar-refractivity contribution >= 4 is 28.7 Å². The highest BCUT2D eigenvalue weighted by atomic mass is 35.5. The van der Waals surface area contributed by atoms with E-state index in [0.29, 0.717) is 23.9 Å². The van der Waals surface area contributed by atoms with E-state index in [1.54, 1.807) is 18.0 Å². The fourth-order valence-electron chi connectivity index (χ4n) is 3.32. The van der Waals surface area contributed by atoms with E-state index in [1.165, 1.54) is 0 Å². The number of nitrogens with zero attached hydrogens (tertiary/aromatic N) is 2. The van der Waals surface area contributed by atoms with Gasteiger partial charge in [0.05, 0.1) is 24.2 Å². The molecule has 1 saturated carbocycles. The van der Waals surface area contributed by atoms with Crippen molar-refractivity contribution in [1.82, 2.24) is 20.2 Å². The summed E-state index contributed by atoms with van der Waals surface area (Å²) in [5.41, 5.74) is 1.54. The molecule has 0 spiro atoms. The zero-order valence-corrected chi connectivity index (χ0v) is 14.6. The molecule has 2 amide bonds. The molecule has 130 valence electrons. The quantitative estimate of drug-likeness (QED) is 0.775. The predicted octanol–water partition coefficient (Wildman–Crippen LogP) is 2.91. The van der Waals surface area contributed by atoms with Crippen LogP contribution in [0.4, 0.5) is 4.79 Å². The number of aliphatic hydroxyl groups excluding tert-OH is 1. The molecule has 1 aromatic heterocycles. The van der Waals surface area contributed by atoms with Gasteiger partial charge in [0.15, 0.2) is 0 Å². The SMILES string of the molecule is CN(Cc1nc2ccc(Cl)cc2[nH]1)C(=O)NCC1(CO)CCCC1. The molecular weight excluding hydrogens is 328 g/mol. The molecule has 1 aromatic carbocycles. The van der Waals surface area contributed by atoms with Gasteiger partial charge in [-0.15, -0.1) is 0 Å². The number of carbonyl (C=O) groups is 1. The number of aliphatic hydroxyl groups is 1. The summed E-state index contributed by atoms with van der Waals surface area (Å²) in [4.78, 5) is 21.5. The highest BCUT2D eigenvalue weighted by molar-refractivity contribution is 6.31. The summed E-state index contributed by atoms with van der Waals surface area (Å²) >= 11 is 5.97. The molecule has 7 heteroatoms. The van der Waals surface area contributed by atoms with E-state index in [4.69, 9.17) is 11.6 Å². The fourth-order valence-corrected chi connectivity index (χ4v) is 3.49. The average Bonchev–Trinajstić information content (AvgIpc) is 3.19. The molecule has 0 atom stereocenters. The van der Waals surface area contributed by atoms with Crippen LogP contribution in [-0.2, 0) is 6.54 Å². The fraction of sp³-hybridized carbons (Fsp3) is 0.529. The molecule has 2 aromatic rings. The van der Waals surface area contributed by atoms with Crippen molar-refractivity contribution in [3.63, 3.8) is 0 Å². The van der Waals surface area contributed by atoms with Crippen molar-refractivity contribution in [2.24, 2.45) is 5.41 Å². The van der Waals surface area contributed by atoms with E-state index in [-0.39, 0.29) is 18.1 Å². The van der Waals surface area contributed by atoms with E-state index in [2.05, 4.69) is 15.3 Å². The van der Waals surface area contributed by atoms with Crippen LogP contribution in [0.1, 0.15) is 31.5 Å². The highest BCUT2D eigenvalue weighted by Gasteiger charge is 2.33. The van der Waals surface area contributed by atoms with Crippen LogP contribution in [0.5, 0.6) is 0 Å². The predicted molar refractivity (Wildman–Crippen MR) is 94.0 cm³/mol. The van der Waals surface area contributed by atoms with Crippen molar-refractivity contribution in [3.8, 4) is 0 Å². The second-order valence-electron chi connectivity index (χ2n) is 6.72. The summed E-state index contributed by atoms with van der Waals surface area (Å²) in [6.45, 7) is 1.02. The number of hydrogen-bond acceptors (Lipinski definition) is 3. The van der Waals surface area contributed by atoms with Gasteiger partial charge in [-0.05, 0) is 31.0 Å². The number of urea groups is 1. The molecule has 1 heterocycles. The summed E-state index contributed by atoms with van der Waals surface area (Å²) in [7, 11) is 1.73. The highest BCUT2D eigenvalue weighted by Crippen LogP contribution is 2.36. The number of aromatic amines is 1. The van der Waals surface area contributed by atoms with Gasteiger partial charge in [0.25, 0.3) is 0 Å². The largest absolute Gasteiger partial charge is 0.396 e. The third kappa shape index (κ3) is 3.65. The Hall–Kier alpha value is -1.79. The van der Waals surface area contributed by atoms with Gasteiger partial charge in [0.1, 0.15) is 5.82 Å². The van der Waals surface area contributed by atoms with Crippen LogP contribution in [0.2, 0.25) is 5.02 Å². The minimum atomic E-state index is -0.159. The molecule has 0 aliphatic heterocycles. The molecule has 3 rings (SSSR count). The number of fused-ring (bicyclic) bond motifs is 1. The van der Waals surface area contributed by atoms with Gasteiger partial charge < -0.3 is 20.3 Å². The number of amides is 2.